The minimum absolute atomic E-state index is 0.0992. The van der Waals surface area contributed by atoms with E-state index in [1.807, 2.05) is 31.2 Å². The van der Waals surface area contributed by atoms with Gasteiger partial charge < -0.3 is 5.32 Å². The maximum absolute atomic E-state index is 11.0. The van der Waals surface area contributed by atoms with Crippen LogP contribution >= 0.6 is 0 Å². The van der Waals surface area contributed by atoms with E-state index in [9.17, 15) is 10.1 Å². The molecule has 6 heteroatoms. The first-order chi connectivity index (χ1) is 8.61. The summed E-state index contributed by atoms with van der Waals surface area (Å²) < 4.78 is 0. The Labute approximate surface area is 104 Å². The Morgan fingerprint density at radius 1 is 1.28 bits per heavy atom. The summed E-state index contributed by atoms with van der Waals surface area (Å²) in [4.78, 5) is 18.5. The third-order valence-corrected chi connectivity index (χ3v) is 2.51. The van der Waals surface area contributed by atoms with Gasteiger partial charge in [0, 0.05) is 12.6 Å². The lowest BCUT2D eigenvalue weighted by Gasteiger charge is -2.04. The fourth-order valence-corrected chi connectivity index (χ4v) is 1.55. The van der Waals surface area contributed by atoms with Gasteiger partial charge >= 0.3 is 5.69 Å². The first kappa shape index (κ1) is 12.0. The average Bonchev–Trinajstić information content (AvgIpc) is 2.38. The number of hydrogen-bond acceptors (Lipinski definition) is 5. The topological polar surface area (TPSA) is 81.0 Å². The van der Waals surface area contributed by atoms with E-state index in [0.29, 0.717) is 17.2 Å². The summed E-state index contributed by atoms with van der Waals surface area (Å²) in [7, 11) is 1.67. The molecule has 2 aromatic rings. The Morgan fingerprint density at radius 2 is 1.94 bits per heavy atom. The molecule has 92 valence electrons. The number of benzene rings is 1. The first-order valence-electron chi connectivity index (χ1n) is 5.38. The molecule has 18 heavy (non-hydrogen) atoms. The van der Waals surface area contributed by atoms with Gasteiger partial charge in [-0.05, 0) is 6.92 Å². The van der Waals surface area contributed by atoms with Gasteiger partial charge in [-0.1, -0.05) is 29.8 Å². The van der Waals surface area contributed by atoms with Crippen LogP contribution in [0.15, 0.2) is 30.5 Å². The van der Waals surface area contributed by atoms with Crippen LogP contribution in [-0.2, 0) is 0 Å². The molecular formula is C12H12N4O2. The molecule has 1 N–H and O–H groups in total. The molecule has 0 amide bonds. The van der Waals surface area contributed by atoms with Crippen molar-refractivity contribution in [3.05, 3.63) is 46.1 Å². The van der Waals surface area contributed by atoms with Gasteiger partial charge in [-0.3, -0.25) is 10.1 Å². The summed E-state index contributed by atoms with van der Waals surface area (Å²) in [5.74, 6) is 0.358. The first-order valence-corrected chi connectivity index (χ1v) is 5.38. The summed E-state index contributed by atoms with van der Waals surface area (Å²) in [5, 5.41) is 13.7. The highest BCUT2D eigenvalue weighted by Gasteiger charge is 2.18. The fraction of sp³-hybridized carbons (Fsp3) is 0.167. The molecule has 0 fully saturated rings. The maximum Gasteiger partial charge on any atom is 0.313 e. The molecule has 0 saturated heterocycles. The Balaban J connectivity index is 2.59. The number of rotatable bonds is 3. The van der Waals surface area contributed by atoms with Crippen molar-refractivity contribution in [3.8, 4) is 11.3 Å². The minimum Gasteiger partial charge on any atom is -0.357 e. The van der Waals surface area contributed by atoms with Gasteiger partial charge in [0.05, 0.1) is 4.92 Å². The van der Waals surface area contributed by atoms with Crippen LogP contribution in [0.5, 0.6) is 0 Å². The number of anilines is 1. The molecule has 1 aromatic carbocycles. The van der Waals surface area contributed by atoms with Crippen LogP contribution in [-0.4, -0.2) is 21.9 Å². The molecule has 0 unspecified atom stereocenters. The number of hydrogen-bond donors (Lipinski definition) is 1. The van der Waals surface area contributed by atoms with Crippen LogP contribution in [0.1, 0.15) is 5.56 Å². The fourth-order valence-electron chi connectivity index (χ4n) is 1.55. The lowest BCUT2D eigenvalue weighted by atomic mass is 10.1. The van der Waals surface area contributed by atoms with Gasteiger partial charge in [0.15, 0.2) is 5.69 Å². The van der Waals surface area contributed by atoms with Crippen molar-refractivity contribution in [2.24, 2.45) is 0 Å². The zero-order valence-corrected chi connectivity index (χ0v) is 10.0. The molecule has 1 aromatic heterocycles. The molecule has 0 saturated carbocycles. The normalized spacial score (nSPS) is 10.1. The van der Waals surface area contributed by atoms with E-state index >= 15 is 0 Å². The second-order valence-corrected chi connectivity index (χ2v) is 3.80. The summed E-state index contributed by atoms with van der Waals surface area (Å²) in [6.45, 7) is 1.96. The second-order valence-electron chi connectivity index (χ2n) is 3.80. The molecule has 6 nitrogen and oxygen atoms in total. The highest BCUT2D eigenvalue weighted by Crippen LogP contribution is 2.28. The second kappa shape index (κ2) is 4.79. The minimum atomic E-state index is -0.478. The Hall–Kier alpha value is -2.50. The van der Waals surface area contributed by atoms with E-state index in [-0.39, 0.29) is 5.69 Å². The highest BCUT2D eigenvalue weighted by atomic mass is 16.6. The van der Waals surface area contributed by atoms with Crippen molar-refractivity contribution in [3.63, 3.8) is 0 Å². The zero-order valence-electron chi connectivity index (χ0n) is 10.0. The van der Waals surface area contributed by atoms with Crippen molar-refractivity contribution in [1.82, 2.24) is 9.97 Å². The lowest BCUT2D eigenvalue weighted by molar-refractivity contribution is -0.384. The predicted octanol–water partition coefficient (Wildman–Crippen LogP) is 2.40. The van der Waals surface area contributed by atoms with E-state index < -0.39 is 4.92 Å². The summed E-state index contributed by atoms with van der Waals surface area (Å²) in [5.41, 5.74) is 2.01. The van der Waals surface area contributed by atoms with Crippen LogP contribution in [0.25, 0.3) is 11.3 Å². The molecule has 0 radical (unpaired) electrons. The average molecular weight is 244 g/mol. The summed E-state index contributed by atoms with van der Waals surface area (Å²) >= 11 is 0. The standard InChI is InChI=1S/C12H12N4O2/c1-8-3-5-9(6-4-8)11-10(16(17)18)7-14-12(13-2)15-11/h3-7H,1-2H3,(H,13,14,15). The smallest absolute Gasteiger partial charge is 0.313 e. The highest BCUT2D eigenvalue weighted by molar-refractivity contribution is 5.70. The van der Waals surface area contributed by atoms with E-state index in [4.69, 9.17) is 0 Å². The van der Waals surface area contributed by atoms with Crippen LogP contribution in [0, 0.1) is 17.0 Å². The molecule has 0 aliphatic heterocycles. The molecule has 2 rings (SSSR count). The molecule has 0 spiro atoms. The van der Waals surface area contributed by atoms with Crippen molar-refractivity contribution in [1.29, 1.82) is 0 Å². The number of nitro groups is 1. The molecular weight excluding hydrogens is 232 g/mol. The van der Waals surface area contributed by atoms with Crippen molar-refractivity contribution < 1.29 is 4.92 Å². The molecule has 1 heterocycles. The third-order valence-electron chi connectivity index (χ3n) is 2.51. The maximum atomic E-state index is 11.0. The summed E-state index contributed by atoms with van der Waals surface area (Å²) in [6.07, 6.45) is 1.22. The Bertz CT molecular complexity index is 581. The van der Waals surface area contributed by atoms with E-state index in [1.54, 1.807) is 7.05 Å². The largest absolute Gasteiger partial charge is 0.357 e. The van der Waals surface area contributed by atoms with Crippen LogP contribution in [0.3, 0.4) is 0 Å². The predicted molar refractivity (Wildman–Crippen MR) is 68.4 cm³/mol. The number of aromatic nitrogens is 2. The molecule has 0 aliphatic carbocycles. The SMILES string of the molecule is CNc1ncc([N+](=O)[O-])c(-c2ccc(C)cc2)n1. The van der Waals surface area contributed by atoms with Crippen LogP contribution in [0.4, 0.5) is 11.6 Å². The summed E-state index contributed by atoms with van der Waals surface area (Å²) in [6, 6.07) is 7.40. The number of nitrogens with zero attached hydrogens (tertiary/aromatic N) is 3. The zero-order chi connectivity index (χ0) is 13.1. The van der Waals surface area contributed by atoms with E-state index in [1.165, 1.54) is 6.20 Å². The van der Waals surface area contributed by atoms with Crippen molar-refractivity contribution in [2.75, 3.05) is 12.4 Å². The van der Waals surface area contributed by atoms with Gasteiger partial charge in [-0.15, -0.1) is 0 Å². The number of nitrogens with one attached hydrogen (secondary N) is 1. The Kier molecular flexibility index (Phi) is 3.18. The van der Waals surface area contributed by atoms with Gasteiger partial charge in [-0.25, -0.2) is 9.97 Å². The van der Waals surface area contributed by atoms with Crippen LogP contribution < -0.4 is 5.32 Å². The number of aryl methyl sites for hydroxylation is 1. The quantitative estimate of drug-likeness (QED) is 0.662. The van der Waals surface area contributed by atoms with Gasteiger partial charge in [0.25, 0.3) is 0 Å². The molecule has 0 bridgehead atoms. The van der Waals surface area contributed by atoms with Gasteiger partial charge in [0.2, 0.25) is 5.95 Å². The van der Waals surface area contributed by atoms with E-state index in [0.717, 1.165) is 5.56 Å². The lowest BCUT2D eigenvalue weighted by Crippen LogP contribution is -2.01. The van der Waals surface area contributed by atoms with Crippen molar-refractivity contribution in [2.45, 2.75) is 6.92 Å². The van der Waals surface area contributed by atoms with Gasteiger partial charge in [0.1, 0.15) is 6.20 Å². The third kappa shape index (κ3) is 2.27. The van der Waals surface area contributed by atoms with Crippen LogP contribution in [0.2, 0.25) is 0 Å². The molecule has 0 atom stereocenters. The van der Waals surface area contributed by atoms with E-state index in [2.05, 4.69) is 15.3 Å². The van der Waals surface area contributed by atoms with Crippen molar-refractivity contribution >= 4 is 11.6 Å². The monoisotopic (exact) mass is 244 g/mol. The molecule has 0 aliphatic rings. The Morgan fingerprint density at radius 3 is 2.50 bits per heavy atom. The van der Waals surface area contributed by atoms with Gasteiger partial charge in [-0.2, -0.15) is 0 Å².